The lowest BCUT2D eigenvalue weighted by atomic mass is 9.95. The van der Waals surface area contributed by atoms with Crippen LogP contribution >= 0.6 is 38.9 Å². The predicted octanol–water partition coefficient (Wildman–Crippen LogP) is 11.5. The number of fused-ring (bicyclic) bond motifs is 2. The van der Waals surface area contributed by atoms with E-state index in [0.717, 1.165) is 54.6 Å². The molecule has 0 aliphatic carbocycles. The molecule has 0 radical (unpaired) electrons. The van der Waals surface area contributed by atoms with Crippen molar-refractivity contribution in [3.63, 3.8) is 0 Å². The maximum atomic E-state index is 14.9. The van der Waals surface area contributed by atoms with Crippen LogP contribution in [0.5, 0.6) is 23.0 Å². The highest BCUT2D eigenvalue weighted by Crippen LogP contribution is 2.41. The number of hydrogen-bond donors (Lipinski definition) is 4. The molecular formula is C72H61BrClF6N13O12S. The van der Waals surface area contributed by atoms with Gasteiger partial charge in [0.25, 0.3) is 0 Å². The number of nitrogens with one attached hydrogen (secondary N) is 2. The number of carbonyl (C=O) groups excluding carboxylic acids is 4. The Morgan fingerprint density at radius 3 is 1.61 bits per heavy atom. The summed E-state index contributed by atoms with van der Waals surface area (Å²) in [5.74, 6) is -7.75. The van der Waals surface area contributed by atoms with Gasteiger partial charge in [0.15, 0.2) is 45.6 Å². The molecule has 548 valence electrons. The molecule has 34 heteroatoms. The number of ether oxygens (including phenoxy) is 4. The number of aromatic carboxylic acids is 2. The molecule has 25 nitrogen and oxygen atoms in total. The van der Waals surface area contributed by atoms with E-state index in [1.165, 1.54) is 76.8 Å². The van der Waals surface area contributed by atoms with Crippen molar-refractivity contribution in [2.45, 2.75) is 31.1 Å². The van der Waals surface area contributed by atoms with Crippen molar-refractivity contribution in [3.05, 3.63) is 233 Å². The van der Waals surface area contributed by atoms with Gasteiger partial charge in [-0.25, -0.2) is 65.1 Å². The van der Waals surface area contributed by atoms with Gasteiger partial charge in [-0.3, -0.25) is 29.6 Å². The van der Waals surface area contributed by atoms with Crippen LogP contribution in [0.2, 0.25) is 5.02 Å². The average molecular weight is 1560 g/mol. The molecule has 8 heterocycles. The number of halogens is 8. The van der Waals surface area contributed by atoms with Crippen LogP contribution < -0.4 is 29.9 Å². The molecule has 6 aliphatic heterocycles. The Kier molecular flexibility index (Phi) is 21.3. The van der Waals surface area contributed by atoms with Gasteiger partial charge in [-0.15, -0.1) is 11.3 Å². The van der Waals surface area contributed by atoms with Gasteiger partial charge in [-0.1, -0.05) is 39.7 Å². The molecule has 4 atom stereocenters. The zero-order chi connectivity index (χ0) is 74.9. The number of aliphatic imine (C=N–C) groups is 2. The zero-order valence-electron chi connectivity index (χ0n) is 56.1. The van der Waals surface area contributed by atoms with Gasteiger partial charge in [0.05, 0.1) is 59.4 Å². The van der Waals surface area contributed by atoms with Crippen LogP contribution in [-0.4, -0.2) is 183 Å². The second kappa shape index (κ2) is 30.9. The van der Waals surface area contributed by atoms with Crippen LogP contribution in [0, 0.1) is 34.9 Å². The van der Waals surface area contributed by atoms with E-state index < -0.39 is 70.9 Å². The van der Waals surface area contributed by atoms with Crippen molar-refractivity contribution in [2.75, 3.05) is 89.0 Å². The number of amides is 4. The lowest BCUT2D eigenvalue weighted by molar-refractivity contribution is -0.139. The van der Waals surface area contributed by atoms with Gasteiger partial charge in [0.1, 0.15) is 46.9 Å². The largest absolute Gasteiger partial charge is 0.478 e. The van der Waals surface area contributed by atoms with Crippen LogP contribution in [0.1, 0.15) is 61.7 Å². The normalized spacial score (nSPS) is 18.8. The number of anilines is 2. The number of carboxylic acids is 2. The fraction of sp³-hybridized carbons (Fsp3) is 0.250. The maximum Gasteiger partial charge on any atom is 0.338 e. The minimum Gasteiger partial charge on any atom is -0.478 e. The van der Waals surface area contributed by atoms with Crippen molar-refractivity contribution < 1.29 is 84.3 Å². The fourth-order valence-electron chi connectivity index (χ4n) is 13.2. The smallest absolute Gasteiger partial charge is 0.338 e. The number of nitrogens with zero attached hydrogens (tertiary/aromatic N) is 11. The first-order valence-electron chi connectivity index (χ1n) is 32.7. The number of thiazole rings is 1. The third kappa shape index (κ3) is 15.5. The Morgan fingerprint density at radius 2 is 1.13 bits per heavy atom. The number of methoxy groups -OCH3 is 1. The minimum atomic E-state index is -1.32. The number of carboxylic acid groups (broad SMARTS) is 2. The molecule has 0 bridgehead atoms. The number of benzene rings is 6. The number of aromatic nitrogens is 3. The van der Waals surface area contributed by atoms with Crippen molar-refractivity contribution in [1.82, 2.24) is 44.8 Å². The number of imidazole rings is 1. The van der Waals surface area contributed by atoms with Gasteiger partial charge in [-0.2, -0.15) is 0 Å². The highest BCUT2D eigenvalue weighted by molar-refractivity contribution is 9.10. The van der Waals surface area contributed by atoms with Gasteiger partial charge >= 0.3 is 35.9 Å². The van der Waals surface area contributed by atoms with Crippen molar-refractivity contribution in [2.24, 2.45) is 17.0 Å². The Labute approximate surface area is 616 Å². The highest BCUT2D eigenvalue weighted by Gasteiger charge is 2.45. The molecule has 0 saturated carbocycles. The molecule has 14 rings (SSSR count). The van der Waals surface area contributed by atoms with Crippen molar-refractivity contribution >= 4 is 97.9 Å². The Balaban J connectivity index is 0.000000188. The zero-order valence-corrected chi connectivity index (χ0v) is 59.3. The third-order valence-electron chi connectivity index (χ3n) is 18.1. The topological polar surface area (TPSA) is 279 Å². The molecule has 0 spiro atoms. The van der Waals surface area contributed by atoms with E-state index in [1.807, 2.05) is 0 Å². The first-order chi connectivity index (χ1) is 50.9. The first kappa shape index (κ1) is 73.2. The Bertz CT molecular complexity index is 4990. The first-order valence-corrected chi connectivity index (χ1v) is 34.8. The highest BCUT2D eigenvalue weighted by atomic mass is 79.9. The maximum absolute atomic E-state index is 14.9. The van der Waals surface area contributed by atoms with Gasteiger partial charge < -0.3 is 54.2 Å². The van der Waals surface area contributed by atoms with Crippen LogP contribution in [0.3, 0.4) is 0 Å². The number of esters is 2. The lowest BCUT2D eigenvalue weighted by Gasteiger charge is -2.38. The number of piperazine rings is 2. The van der Waals surface area contributed by atoms with E-state index in [2.05, 4.69) is 46.3 Å². The summed E-state index contributed by atoms with van der Waals surface area (Å²) < 4.78 is 111. The standard InChI is InChI=1S/C36H30BrF3N6O6S.C36H31ClF3N7O6/c1-2-51-35(49)30-28(42-32(33-41-7-10-53-33)43-31(30)25-5-4-20(38)14-26(25)37)18-44-8-9-45-23(16-44)17-46(36(45)50)22-12-21(39)13-24(15-22)52-29-6-3-19(34(47)48)11-27(29)40;1-44-8-7-41-33(44)32-42-28(30(35(50)52-2)31(43-32)25-5-4-20(38)14-26(25)37)18-45-9-10-46-23(16-45)17-47(36(46)51)22-12-21(39)13-24(15-22)53-29-6-3-19(34(48)49)11-27(29)40/h3-7,10-15,23,31H,2,8-9,16-18H2,1H3,(H,42,43)(H,47,48);3-8,11-15,23,31H,9-10,16-18H2,1-2H3,(H,42,43)(H,48,49)/t2*23-,31-/m00/s1. The number of carbonyl (C=O) groups is 6. The molecule has 6 aromatic carbocycles. The van der Waals surface area contributed by atoms with Gasteiger partial charge in [0, 0.05) is 147 Å². The summed E-state index contributed by atoms with van der Waals surface area (Å²) in [6.45, 7) is 4.93. The number of hydrogen-bond acceptors (Lipinski definition) is 19. The van der Waals surface area contributed by atoms with Crippen LogP contribution in [0.15, 0.2) is 170 Å². The van der Waals surface area contributed by atoms with Gasteiger partial charge in [0.2, 0.25) is 0 Å². The average Bonchev–Trinajstić information content (AvgIpc) is 1.02. The van der Waals surface area contributed by atoms with Crippen LogP contribution in [-0.2, 0) is 26.1 Å². The Morgan fingerprint density at radius 1 is 0.613 bits per heavy atom. The second-order valence-corrected chi connectivity index (χ2v) is 27.0. The number of urea groups is 2. The predicted molar refractivity (Wildman–Crippen MR) is 377 cm³/mol. The molecule has 4 N–H and O–H groups in total. The molecule has 0 unspecified atom stereocenters. The molecule has 106 heavy (non-hydrogen) atoms. The molecule has 4 saturated heterocycles. The summed E-state index contributed by atoms with van der Waals surface area (Å²) in [6, 6.07) is 18.3. The molecule has 4 fully saturated rings. The summed E-state index contributed by atoms with van der Waals surface area (Å²) in [6.07, 6.45) is 4.99. The van der Waals surface area contributed by atoms with E-state index in [0.29, 0.717) is 88.8 Å². The molecular weight excluding hydrogens is 1500 g/mol. The van der Waals surface area contributed by atoms with E-state index in [1.54, 1.807) is 58.4 Å². The molecule has 2 aromatic heterocycles. The van der Waals surface area contributed by atoms with Crippen molar-refractivity contribution in [3.8, 4) is 23.0 Å². The lowest BCUT2D eigenvalue weighted by Crippen LogP contribution is -2.53. The fourth-order valence-corrected chi connectivity index (χ4v) is 14.6. The minimum absolute atomic E-state index is 0.0749. The summed E-state index contributed by atoms with van der Waals surface area (Å²) in [4.78, 5) is 105. The number of amidine groups is 2. The number of aryl methyl sites for hydroxylation is 1. The quantitative estimate of drug-likeness (QED) is 0.0432. The SMILES string of the molecule is CCOC(=O)C1=C(CN2CCN3C(=O)N(c4cc(F)cc(Oc5ccc(C(=O)O)cc5F)c4)C[C@@H]3C2)NC(c2nccs2)=N[C@H]1c1ccc(F)cc1Br.COC(=O)C1=C(CN2CCN3C(=O)N(c4cc(F)cc(Oc5ccc(C(=O)O)cc5F)c4)C[C@@H]3C2)NC(c2nccn2C)=N[C@H]1c1ccc(F)cc1Cl. The molecule has 6 aliphatic rings. The van der Waals surface area contributed by atoms with E-state index >= 15 is 0 Å². The van der Waals surface area contributed by atoms with E-state index in [4.69, 9.17) is 50.7 Å². The molecule has 8 aromatic rings. The molecule has 4 amide bonds. The monoisotopic (exact) mass is 1560 g/mol. The van der Waals surface area contributed by atoms with E-state index in [-0.39, 0.29) is 119 Å². The van der Waals surface area contributed by atoms with Gasteiger partial charge in [-0.05, 0) is 85.3 Å². The number of rotatable bonds is 19. The summed E-state index contributed by atoms with van der Waals surface area (Å²) in [7, 11) is 3.04. The van der Waals surface area contributed by atoms with Crippen LogP contribution in [0.25, 0.3) is 0 Å². The second-order valence-electron chi connectivity index (χ2n) is 24.9. The van der Waals surface area contributed by atoms with E-state index in [9.17, 15) is 55.1 Å². The summed E-state index contributed by atoms with van der Waals surface area (Å²) in [5.41, 5.74) is 2.19. The van der Waals surface area contributed by atoms with Crippen molar-refractivity contribution in [1.29, 1.82) is 0 Å². The summed E-state index contributed by atoms with van der Waals surface area (Å²) >= 11 is 11.3. The van der Waals surface area contributed by atoms with Crippen LogP contribution in [0.4, 0.5) is 47.3 Å². The Hall–Kier alpha value is -11.1. The summed E-state index contributed by atoms with van der Waals surface area (Å²) in [5, 5.41) is 27.3. The third-order valence-corrected chi connectivity index (χ3v) is 19.9.